The van der Waals surface area contributed by atoms with E-state index >= 15 is 0 Å². The Balaban J connectivity index is 2.18. The van der Waals surface area contributed by atoms with Gasteiger partial charge in [0.05, 0.1) is 23.3 Å². The maximum atomic E-state index is 14.0. The van der Waals surface area contributed by atoms with Gasteiger partial charge in [0.2, 0.25) is 0 Å². The quantitative estimate of drug-likeness (QED) is 0.506. The Kier molecular flexibility index (Phi) is 4.93. The summed E-state index contributed by atoms with van der Waals surface area (Å²) in [5.41, 5.74) is -0.798. The third-order valence-corrected chi connectivity index (χ3v) is 4.13. The van der Waals surface area contributed by atoms with E-state index in [-0.39, 0.29) is 34.3 Å². The van der Waals surface area contributed by atoms with Gasteiger partial charge in [0.1, 0.15) is 11.6 Å². The molecule has 0 unspecified atom stereocenters. The van der Waals surface area contributed by atoms with Crippen LogP contribution in [-0.4, -0.2) is 20.9 Å². The van der Waals surface area contributed by atoms with Crippen LogP contribution < -0.4 is 0 Å². The molecule has 0 atom stereocenters. The SMILES string of the molecule is CC(=Cc1nn(Cc2ccc(F)cc2F)c2cc(C(F)(F)F)ccc12)C(=O)O. The van der Waals surface area contributed by atoms with Crippen LogP contribution in [0.2, 0.25) is 0 Å². The summed E-state index contributed by atoms with van der Waals surface area (Å²) in [4.78, 5) is 11.1. The Morgan fingerprint density at radius 2 is 1.89 bits per heavy atom. The molecule has 0 bridgehead atoms. The molecule has 0 aliphatic heterocycles. The number of nitrogens with zero attached hydrogens (tertiary/aromatic N) is 2. The van der Waals surface area contributed by atoms with Crippen LogP contribution in [0.4, 0.5) is 22.0 Å². The molecule has 0 aliphatic carbocycles. The molecule has 9 heteroatoms. The third-order valence-electron chi connectivity index (χ3n) is 4.13. The molecule has 2 aromatic carbocycles. The lowest BCUT2D eigenvalue weighted by Crippen LogP contribution is -2.07. The van der Waals surface area contributed by atoms with Gasteiger partial charge in [-0.15, -0.1) is 0 Å². The molecule has 0 radical (unpaired) electrons. The van der Waals surface area contributed by atoms with Crippen LogP contribution in [-0.2, 0) is 17.5 Å². The average molecular weight is 396 g/mol. The van der Waals surface area contributed by atoms with Crippen LogP contribution in [0, 0.1) is 11.6 Å². The zero-order valence-corrected chi connectivity index (χ0v) is 14.4. The Morgan fingerprint density at radius 3 is 2.50 bits per heavy atom. The van der Waals surface area contributed by atoms with Crippen molar-refractivity contribution in [1.29, 1.82) is 0 Å². The van der Waals surface area contributed by atoms with E-state index in [1.807, 2.05) is 0 Å². The molecular weight excluding hydrogens is 383 g/mol. The number of fused-ring (bicyclic) bond motifs is 1. The van der Waals surface area contributed by atoms with Gasteiger partial charge in [-0.05, 0) is 37.3 Å². The Morgan fingerprint density at radius 1 is 1.18 bits per heavy atom. The smallest absolute Gasteiger partial charge is 0.416 e. The number of carboxylic acid groups (broad SMARTS) is 1. The van der Waals surface area contributed by atoms with Gasteiger partial charge in [0.15, 0.2) is 0 Å². The predicted molar refractivity (Wildman–Crippen MR) is 91.5 cm³/mol. The van der Waals surface area contributed by atoms with E-state index in [2.05, 4.69) is 5.10 Å². The van der Waals surface area contributed by atoms with E-state index < -0.39 is 29.3 Å². The maximum absolute atomic E-state index is 14.0. The minimum atomic E-state index is -4.60. The minimum Gasteiger partial charge on any atom is -0.478 e. The summed E-state index contributed by atoms with van der Waals surface area (Å²) in [7, 11) is 0. The number of alkyl halides is 3. The van der Waals surface area contributed by atoms with Crippen LogP contribution in [0.3, 0.4) is 0 Å². The fourth-order valence-corrected chi connectivity index (χ4v) is 2.68. The van der Waals surface area contributed by atoms with Crippen LogP contribution in [0.15, 0.2) is 42.0 Å². The van der Waals surface area contributed by atoms with Crippen molar-refractivity contribution in [2.75, 3.05) is 0 Å². The van der Waals surface area contributed by atoms with Crippen molar-refractivity contribution in [3.05, 3.63) is 70.4 Å². The van der Waals surface area contributed by atoms with Crippen molar-refractivity contribution in [3.8, 4) is 0 Å². The summed E-state index contributed by atoms with van der Waals surface area (Å²) in [6, 6.07) is 5.77. The van der Waals surface area contributed by atoms with E-state index in [0.717, 1.165) is 22.9 Å². The summed E-state index contributed by atoms with van der Waals surface area (Å²) in [6.07, 6.45) is -3.38. The van der Waals surface area contributed by atoms with Gasteiger partial charge >= 0.3 is 12.1 Å². The summed E-state index contributed by atoms with van der Waals surface area (Å²) in [6.45, 7) is 1.06. The van der Waals surface area contributed by atoms with E-state index in [9.17, 15) is 26.7 Å². The monoisotopic (exact) mass is 396 g/mol. The fraction of sp³-hybridized carbons (Fsp3) is 0.158. The third kappa shape index (κ3) is 3.88. The standard InChI is InChI=1S/C19H13F5N2O2/c1-10(18(27)28)6-16-14-5-3-12(19(22,23)24)7-17(14)26(25-16)9-11-2-4-13(20)8-15(11)21/h2-8H,9H2,1H3,(H,27,28). The highest BCUT2D eigenvalue weighted by Crippen LogP contribution is 2.33. The largest absolute Gasteiger partial charge is 0.478 e. The number of hydrogen-bond donors (Lipinski definition) is 1. The summed E-state index contributed by atoms with van der Waals surface area (Å²) < 4.78 is 67.5. The number of rotatable bonds is 4. The first-order valence-electron chi connectivity index (χ1n) is 7.99. The molecule has 1 N–H and O–H groups in total. The molecule has 0 spiro atoms. The van der Waals surface area contributed by atoms with E-state index in [1.165, 1.54) is 25.1 Å². The predicted octanol–water partition coefficient (Wildman–Crippen LogP) is 4.87. The maximum Gasteiger partial charge on any atom is 0.416 e. The molecule has 4 nitrogen and oxygen atoms in total. The lowest BCUT2D eigenvalue weighted by molar-refractivity contribution is -0.137. The molecule has 3 rings (SSSR count). The van der Waals surface area contributed by atoms with Crippen molar-refractivity contribution in [1.82, 2.24) is 9.78 Å². The number of halogens is 5. The first-order valence-corrected chi connectivity index (χ1v) is 7.99. The van der Waals surface area contributed by atoms with Crippen molar-refractivity contribution < 1.29 is 31.9 Å². The van der Waals surface area contributed by atoms with Gasteiger partial charge in [0.25, 0.3) is 0 Å². The average Bonchev–Trinajstić information content (AvgIpc) is 2.93. The number of carboxylic acids is 1. The molecular formula is C19H13F5N2O2. The van der Waals surface area contributed by atoms with Gasteiger partial charge in [-0.25, -0.2) is 13.6 Å². The summed E-state index contributed by atoms with van der Waals surface area (Å²) in [5.74, 6) is -2.86. The van der Waals surface area contributed by atoms with Gasteiger partial charge in [-0.1, -0.05) is 6.07 Å². The molecule has 0 saturated heterocycles. The van der Waals surface area contributed by atoms with Crippen LogP contribution in [0.1, 0.15) is 23.7 Å². The van der Waals surface area contributed by atoms with Crippen LogP contribution in [0.25, 0.3) is 17.0 Å². The number of aromatic nitrogens is 2. The van der Waals surface area contributed by atoms with Gasteiger partial charge in [-0.2, -0.15) is 18.3 Å². The summed E-state index contributed by atoms with van der Waals surface area (Å²) in [5, 5.41) is 13.5. The van der Waals surface area contributed by atoms with Crippen LogP contribution >= 0.6 is 0 Å². The Hall–Kier alpha value is -3.23. The first kappa shape index (κ1) is 19.5. The number of aliphatic carboxylic acids is 1. The molecule has 146 valence electrons. The highest BCUT2D eigenvalue weighted by Gasteiger charge is 2.31. The van der Waals surface area contributed by atoms with Crippen LogP contribution in [0.5, 0.6) is 0 Å². The Bertz CT molecular complexity index is 1100. The van der Waals surface area contributed by atoms with E-state index in [4.69, 9.17) is 5.11 Å². The van der Waals surface area contributed by atoms with Crippen molar-refractivity contribution in [2.45, 2.75) is 19.6 Å². The molecule has 1 aromatic heterocycles. The second kappa shape index (κ2) is 7.06. The van der Waals surface area contributed by atoms with Crippen molar-refractivity contribution >= 4 is 22.9 Å². The summed E-state index contributed by atoms with van der Waals surface area (Å²) >= 11 is 0. The zero-order valence-electron chi connectivity index (χ0n) is 14.4. The fourth-order valence-electron chi connectivity index (χ4n) is 2.68. The van der Waals surface area contributed by atoms with Gasteiger partial charge in [-0.3, -0.25) is 4.68 Å². The molecule has 3 aromatic rings. The first-order chi connectivity index (χ1) is 13.1. The normalized spacial score (nSPS) is 12.6. The van der Waals surface area contributed by atoms with Crippen molar-refractivity contribution in [3.63, 3.8) is 0 Å². The van der Waals surface area contributed by atoms with Gasteiger partial charge in [0, 0.05) is 22.6 Å². The second-order valence-electron chi connectivity index (χ2n) is 6.14. The number of hydrogen-bond acceptors (Lipinski definition) is 2. The second-order valence-corrected chi connectivity index (χ2v) is 6.14. The molecule has 28 heavy (non-hydrogen) atoms. The number of carbonyl (C=O) groups is 1. The topological polar surface area (TPSA) is 55.1 Å². The van der Waals surface area contributed by atoms with Gasteiger partial charge < -0.3 is 5.11 Å². The minimum absolute atomic E-state index is 0.0219. The molecule has 0 saturated carbocycles. The highest BCUT2D eigenvalue weighted by atomic mass is 19.4. The Labute approximate surface area is 155 Å². The van der Waals surface area contributed by atoms with Crippen molar-refractivity contribution in [2.24, 2.45) is 0 Å². The molecule has 0 aliphatic rings. The lowest BCUT2D eigenvalue weighted by Gasteiger charge is -2.08. The van der Waals surface area contributed by atoms with E-state index in [1.54, 1.807) is 0 Å². The lowest BCUT2D eigenvalue weighted by atomic mass is 10.1. The van der Waals surface area contributed by atoms with E-state index in [0.29, 0.717) is 6.07 Å². The molecule has 1 heterocycles. The highest BCUT2D eigenvalue weighted by molar-refractivity contribution is 5.95. The number of benzene rings is 2. The molecule has 0 fully saturated rings. The molecule has 0 amide bonds. The zero-order chi connectivity index (χ0) is 20.6.